The largest absolute Gasteiger partial charge is 0.305 e. The van der Waals surface area contributed by atoms with E-state index in [1.807, 2.05) is 6.07 Å². The second kappa shape index (κ2) is 4.49. The van der Waals surface area contributed by atoms with Crippen molar-refractivity contribution in [1.82, 2.24) is 19.1 Å². The molecule has 0 aromatic carbocycles. The second-order valence-corrected chi connectivity index (χ2v) is 4.02. The molecule has 94 valence electrons. The smallest absolute Gasteiger partial charge is 0.251 e. The molecule has 0 aliphatic heterocycles. The van der Waals surface area contributed by atoms with Gasteiger partial charge in [0.1, 0.15) is 6.29 Å². The van der Waals surface area contributed by atoms with Crippen LogP contribution in [0.5, 0.6) is 0 Å². The Hall–Kier alpha value is -2.76. The minimum Gasteiger partial charge on any atom is -0.305 e. The lowest BCUT2D eigenvalue weighted by Gasteiger charge is -2.08. The highest BCUT2D eigenvalue weighted by atomic mass is 16.1. The van der Waals surface area contributed by atoms with Crippen LogP contribution in [-0.2, 0) is 11.3 Å². The van der Waals surface area contributed by atoms with E-state index >= 15 is 0 Å². The predicted molar refractivity (Wildman–Crippen MR) is 69.2 cm³/mol. The normalized spacial score (nSPS) is 10.7. The van der Waals surface area contributed by atoms with Crippen LogP contribution in [0, 0.1) is 0 Å². The quantitative estimate of drug-likeness (QED) is 0.648. The Balaban J connectivity index is 2.28. The van der Waals surface area contributed by atoms with E-state index in [9.17, 15) is 9.59 Å². The van der Waals surface area contributed by atoms with Gasteiger partial charge >= 0.3 is 0 Å². The molecule has 0 aliphatic carbocycles. The minimum atomic E-state index is -0.218. The maximum Gasteiger partial charge on any atom is 0.251 e. The van der Waals surface area contributed by atoms with Gasteiger partial charge in [0.15, 0.2) is 0 Å². The Bertz CT molecular complexity index is 790. The molecule has 0 unspecified atom stereocenters. The van der Waals surface area contributed by atoms with E-state index in [4.69, 9.17) is 0 Å². The fourth-order valence-electron chi connectivity index (χ4n) is 1.97. The molecule has 0 spiro atoms. The highest BCUT2D eigenvalue weighted by Crippen LogP contribution is 2.14. The lowest BCUT2D eigenvalue weighted by atomic mass is 10.3. The first-order valence-electron chi connectivity index (χ1n) is 5.71. The maximum absolute atomic E-state index is 11.8. The van der Waals surface area contributed by atoms with Crippen molar-refractivity contribution in [2.75, 3.05) is 0 Å². The molecule has 3 rings (SSSR count). The summed E-state index contributed by atoms with van der Waals surface area (Å²) in [6.45, 7) is 0.0191. The van der Waals surface area contributed by atoms with E-state index in [1.165, 1.54) is 10.6 Å². The minimum absolute atomic E-state index is 0.0191. The molecule has 0 bridgehead atoms. The highest BCUT2D eigenvalue weighted by Gasteiger charge is 2.05. The van der Waals surface area contributed by atoms with Gasteiger partial charge in [0.2, 0.25) is 0 Å². The summed E-state index contributed by atoms with van der Waals surface area (Å²) in [5, 5.41) is 0. The van der Waals surface area contributed by atoms with Gasteiger partial charge in [-0.25, -0.2) is 4.98 Å². The number of carbonyl (C=O) groups is 1. The van der Waals surface area contributed by atoms with Crippen molar-refractivity contribution in [3.63, 3.8) is 0 Å². The summed E-state index contributed by atoms with van der Waals surface area (Å²) in [5.74, 6) is 0. The number of rotatable bonds is 3. The third-order valence-corrected chi connectivity index (χ3v) is 2.88. The van der Waals surface area contributed by atoms with E-state index < -0.39 is 0 Å². The summed E-state index contributed by atoms with van der Waals surface area (Å²) in [4.78, 5) is 30.7. The first-order chi connectivity index (χ1) is 9.29. The standard InChI is InChI=1S/C13H10N4O2/c18-6-5-17-12-7-10(16-4-3-14-9-16)8-15-11(12)1-2-13(17)19/h1-4,6-9H,5H2. The van der Waals surface area contributed by atoms with Gasteiger partial charge in [-0.3, -0.25) is 14.3 Å². The molecule has 0 amide bonds. The molecule has 0 aliphatic rings. The van der Waals surface area contributed by atoms with Crippen LogP contribution in [0.4, 0.5) is 0 Å². The number of nitrogens with zero attached hydrogens (tertiary/aromatic N) is 4. The van der Waals surface area contributed by atoms with Crippen LogP contribution >= 0.6 is 0 Å². The number of aromatic nitrogens is 4. The molecule has 0 N–H and O–H groups in total. The van der Waals surface area contributed by atoms with E-state index in [-0.39, 0.29) is 12.1 Å². The van der Waals surface area contributed by atoms with E-state index in [1.54, 1.807) is 35.6 Å². The lowest BCUT2D eigenvalue weighted by Crippen LogP contribution is -2.20. The van der Waals surface area contributed by atoms with Crippen LogP contribution in [0.25, 0.3) is 16.7 Å². The monoisotopic (exact) mass is 254 g/mol. The summed E-state index contributed by atoms with van der Waals surface area (Å²) in [5.41, 5.74) is 1.87. The van der Waals surface area contributed by atoms with Crippen molar-refractivity contribution >= 4 is 17.3 Å². The molecule has 19 heavy (non-hydrogen) atoms. The third-order valence-electron chi connectivity index (χ3n) is 2.88. The zero-order chi connectivity index (χ0) is 13.2. The fraction of sp³-hybridized carbons (Fsp3) is 0.0769. The van der Waals surface area contributed by atoms with Gasteiger partial charge in [-0.15, -0.1) is 0 Å². The van der Waals surface area contributed by atoms with Gasteiger partial charge in [-0.1, -0.05) is 0 Å². The van der Waals surface area contributed by atoms with Crippen LogP contribution in [0.1, 0.15) is 0 Å². The van der Waals surface area contributed by atoms with Crippen molar-refractivity contribution in [1.29, 1.82) is 0 Å². The number of hydrogen-bond acceptors (Lipinski definition) is 4. The lowest BCUT2D eigenvalue weighted by molar-refractivity contribution is -0.108. The Morgan fingerprint density at radius 1 is 1.32 bits per heavy atom. The van der Waals surface area contributed by atoms with Crippen molar-refractivity contribution in [3.05, 3.63) is 53.5 Å². The van der Waals surface area contributed by atoms with Crippen LogP contribution < -0.4 is 5.56 Å². The molecule has 0 saturated carbocycles. The predicted octanol–water partition coefficient (Wildman–Crippen LogP) is 0.781. The van der Waals surface area contributed by atoms with Crippen LogP contribution in [0.15, 0.2) is 47.9 Å². The summed E-state index contributed by atoms with van der Waals surface area (Å²) < 4.78 is 3.19. The Kier molecular flexibility index (Phi) is 2.68. The van der Waals surface area contributed by atoms with Crippen molar-refractivity contribution in [3.8, 4) is 5.69 Å². The zero-order valence-corrected chi connectivity index (χ0v) is 9.93. The van der Waals surface area contributed by atoms with Gasteiger partial charge in [0, 0.05) is 18.5 Å². The maximum atomic E-state index is 11.8. The molecule has 0 atom stereocenters. The number of imidazole rings is 1. The SMILES string of the molecule is O=CCn1c(=O)ccc2ncc(-n3ccnc3)cc21. The number of carbonyl (C=O) groups excluding carboxylic acids is 1. The molecule has 6 nitrogen and oxygen atoms in total. The topological polar surface area (TPSA) is 69.8 Å². The number of hydrogen-bond donors (Lipinski definition) is 0. The molecule has 3 aromatic heterocycles. The molecule has 6 heteroatoms. The van der Waals surface area contributed by atoms with Crippen molar-refractivity contribution in [2.24, 2.45) is 0 Å². The van der Waals surface area contributed by atoms with Gasteiger partial charge in [-0.05, 0) is 12.1 Å². The molecular weight excluding hydrogens is 244 g/mol. The van der Waals surface area contributed by atoms with Gasteiger partial charge in [-0.2, -0.15) is 0 Å². The highest BCUT2D eigenvalue weighted by molar-refractivity contribution is 5.77. The first kappa shape index (κ1) is 11.3. The van der Waals surface area contributed by atoms with Crippen LogP contribution in [0.2, 0.25) is 0 Å². The average Bonchev–Trinajstić information content (AvgIpc) is 2.96. The molecule has 0 radical (unpaired) electrons. The van der Waals surface area contributed by atoms with E-state index in [0.717, 1.165) is 5.69 Å². The van der Waals surface area contributed by atoms with Crippen LogP contribution in [-0.4, -0.2) is 25.4 Å². The number of fused-ring (bicyclic) bond motifs is 1. The van der Waals surface area contributed by atoms with Crippen LogP contribution in [0.3, 0.4) is 0 Å². The van der Waals surface area contributed by atoms with Gasteiger partial charge in [0.05, 0.1) is 35.8 Å². The van der Waals surface area contributed by atoms with Crippen molar-refractivity contribution < 1.29 is 4.79 Å². The molecule has 0 fully saturated rings. The third kappa shape index (κ3) is 1.93. The summed E-state index contributed by atoms with van der Waals surface area (Å²) in [7, 11) is 0. The Morgan fingerprint density at radius 2 is 2.21 bits per heavy atom. The van der Waals surface area contributed by atoms with Crippen molar-refractivity contribution in [2.45, 2.75) is 6.54 Å². The second-order valence-electron chi connectivity index (χ2n) is 4.02. The summed E-state index contributed by atoms with van der Waals surface area (Å²) in [6.07, 6.45) is 7.49. The zero-order valence-electron chi connectivity index (χ0n) is 9.93. The molecule has 3 aromatic rings. The van der Waals surface area contributed by atoms with Gasteiger partial charge < -0.3 is 9.36 Å². The van der Waals surface area contributed by atoms with E-state index in [2.05, 4.69) is 9.97 Å². The number of pyridine rings is 2. The summed E-state index contributed by atoms with van der Waals surface area (Å²) >= 11 is 0. The van der Waals surface area contributed by atoms with E-state index in [0.29, 0.717) is 17.3 Å². The molecule has 0 saturated heterocycles. The molecule has 3 heterocycles. The van der Waals surface area contributed by atoms with Gasteiger partial charge in [0.25, 0.3) is 5.56 Å². The Labute approximate surface area is 108 Å². The average molecular weight is 254 g/mol. The summed E-state index contributed by atoms with van der Waals surface area (Å²) in [6, 6.07) is 4.88. The fourth-order valence-corrected chi connectivity index (χ4v) is 1.97. The first-order valence-corrected chi connectivity index (χ1v) is 5.71. The molecular formula is C13H10N4O2. The Morgan fingerprint density at radius 3 is 2.95 bits per heavy atom. The number of aldehydes is 1.